The summed E-state index contributed by atoms with van der Waals surface area (Å²) in [5, 5.41) is 0. The highest BCUT2D eigenvalue weighted by atomic mass is 16.6. The minimum Gasteiger partial charge on any atom is -0.288 e. The molecule has 0 spiro atoms. The Morgan fingerprint density at radius 1 is 2.00 bits per heavy atom. The summed E-state index contributed by atoms with van der Waals surface area (Å²) >= 11 is 0. The molecule has 0 aromatic carbocycles. The molecule has 1 unspecified atom stereocenters. The maximum Gasteiger partial charge on any atom is 0.138 e. The zero-order valence-corrected chi connectivity index (χ0v) is 4.35. The first-order valence-corrected chi connectivity index (χ1v) is 2.16. The van der Waals surface area contributed by atoms with E-state index in [1.165, 1.54) is 0 Å². The average Bonchev–Trinajstić information content (AvgIpc) is 1.72. The van der Waals surface area contributed by atoms with Gasteiger partial charge in [0.1, 0.15) is 6.10 Å². The zero-order valence-electron chi connectivity index (χ0n) is 4.35. The summed E-state index contributed by atoms with van der Waals surface area (Å²) in [5.74, 6) is 7.11. The van der Waals surface area contributed by atoms with Gasteiger partial charge in [-0.1, -0.05) is 12.8 Å². The molecule has 0 saturated heterocycles. The monoisotopic (exact) mass is 99.1 g/mol. The van der Waals surface area contributed by atoms with Crippen LogP contribution in [-0.4, -0.2) is 6.10 Å². The fourth-order valence-electron chi connectivity index (χ4n) is 0.253. The van der Waals surface area contributed by atoms with E-state index >= 15 is 0 Å². The lowest BCUT2D eigenvalue weighted by molar-refractivity contribution is 0.0907. The third kappa shape index (κ3) is 2.21. The van der Waals surface area contributed by atoms with E-state index in [1.54, 1.807) is 0 Å². The van der Waals surface area contributed by atoms with Crippen LogP contribution in [0.2, 0.25) is 0 Å². The Labute approximate surface area is 43.6 Å². The molecule has 40 valence electrons. The fourth-order valence-corrected chi connectivity index (χ4v) is 0.253. The van der Waals surface area contributed by atoms with Gasteiger partial charge in [0, 0.05) is 0 Å². The highest BCUT2D eigenvalue weighted by Gasteiger charge is 1.94. The molecule has 0 aromatic heterocycles. The normalized spacial score (nSPS) is 12.7. The Morgan fingerprint density at radius 3 is 2.57 bits per heavy atom. The van der Waals surface area contributed by atoms with E-state index in [-0.39, 0.29) is 6.10 Å². The highest BCUT2D eigenvalue weighted by molar-refractivity contribution is 4.92. The molecule has 0 fully saturated rings. The first-order valence-electron chi connectivity index (χ1n) is 2.16. The number of nitrogens with two attached hydrogens (primary N) is 1. The minimum absolute atomic E-state index is 0.208. The molecule has 0 heterocycles. The third-order valence-electron chi connectivity index (χ3n) is 0.721. The Hall–Kier alpha value is -0.520. The van der Waals surface area contributed by atoms with E-state index in [0.29, 0.717) is 0 Å². The largest absolute Gasteiger partial charge is 0.288 e. The van der Waals surface area contributed by atoms with Crippen LogP contribution >= 0.6 is 0 Å². The summed E-state index contributed by atoms with van der Waals surface area (Å²) < 4.78 is 0. The molecule has 1 atom stereocenters. The average molecular weight is 99.1 g/mol. The highest BCUT2D eigenvalue weighted by Crippen LogP contribution is 1.88. The topological polar surface area (TPSA) is 35.2 Å². The molecular formula is C5H9NO. The second-order valence-corrected chi connectivity index (χ2v) is 1.20. The molecule has 2 heteroatoms. The number of rotatable bonds is 2. The van der Waals surface area contributed by atoms with Crippen molar-refractivity contribution in [2.24, 2.45) is 5.90 Å². The van der Waals surface area contributed by atoms with Crippen molar-refractivity contribution in [1.29, 1.82) is 0 Å². The Kier molecular flexibility index (Phi) is 3.39. The van der Waals surface area contributed by atoms with Crippen LogP contribution in [-0.2, 0) is 4.84 Å². The van der Waals surface area contributed by atoms with E-state index in [9.17, 15) is 0 Å². The predicted octanol–water partition coefficient (Wildman–Crippen LogP) is 0.289. The van der Waals surface area contributed by atoms with Crippen LogP contribution in [0.5, 0.6) is 0 Å². The van der Waals surface area contributed by atoms with Crippen molar-refractivity contribution in [2.75, 3.05) is 0 Å². The molecule has 0 saturated carbocycles. The van der Waals surface area contributed by atoms with Crippen molar-refractivity contribution in [3.05, 3.63) is 0 Å². The molecule has 2 N–H and O–H groups in total. The molecule has 0 aromatic rings. The molecule has 2 nitrogen and oxygen atoms in total. The van der Waals surface area contributed by atoms with Crippen LogP contribution in [0.25, 0.3) is 0 Å². The molecule has 0 aliphatic carbocycles. The predicted molar refractivity (Wildman–Crippen MR) is 28.2 cm³/mol. The van der Waals surface area contributed by atoms with Gasteiger partial charge in [0.05, 0.1) is 0 Å². The molecule has 0 bridgehead atoms. The van der Waals surface area contributed by atoms with Crippen LogP contribution in [0.15, 0.2) is 0 Å². The molecule has 0 aliphatic heterocycles. The van der Waals surface area contributed by atoms with Crippen LogP contribution in [0.1, 0.15) is 13.3 Å². The second kappa shape index (κ2) is 3.66. The molecule has 0 aliphatic rings. The molecule has 0 amide bonds. The van der Waals surface area contributed by atoms with Gasteiger partial charge in [-0.25, -0.2) is 5.90 Å². The van der Waals surface area contributed by atoms with Crippen molar-refractivity contribution in [1.82, 2.24) is 0 Å². The van der Waals surface area contributed by atoms with Gasteiger partial charge in [-0.15, -0.1) is 6.42 Å². The van der Waals surface area contributed by atoms with Crippen molar-refractivity contribution in [2.45, 2.75) is 19.4 Å². The van der Waals surface area contributed by atoms with Crippen molar-refractivity contribution in [3.8, 4) is 12.3 Å². The standard InChI is InChI=1S/C5H9NO/c1-3-5(4-2)7-6/h1,5H,4,6H2,2H3. The summed E-state index contributed by atoms with van der Waals surface area (Å²) in [6.07, 6.45) is 5.50. The second-order valence-electron chi connectivity index (χ2n) is 1.20. The molecule has 0 radical (unpaired) electrons. The van der Waals surface area contributed by atoms with Gasteiger partial charge in [-0.3, -0.25) is 4.84 Å². The first-order chi connectivity index (χ1) is 3.35. The van der Waals surface area contributed by atoms with E-state index in [2.05, 4.69) is 10.8 Å². The van der Waals surface area contributed by atoms with Gasteiger partial charge in [0.25, 0.3) is 0 Å². The minimum atomic E-state index is -0.208. The number of terminal acetylenes is 1. The Balaban J connectivity index is 3.23. The van der Waals surface area contributed by atoms with E-state index < -0.39 is 0 Å². The van der Waals surface area contributed by atoms with E-state index in [0.717, 1.165) is 6.42 Å². The smallest absolute Gasteiger partial charge is 0.138 e. The van der Waals surface area contributed by atoms with Crippen molar-refractivity contribution >= 4 is 0 Å². The lowest BCUT2D eigenvalue weighted by atomic mass is 10.3. The number of hydrogen-bond donors (Lipinski definition) is 1. The quantitative estimate of drug-likeness (QED) is 0.399. The summed E-state index contributed by atoms with van der Waals surface area (Å²) in [7, 11) is 0. The summed E-state index contributed by atoms with van der Waals surface area (Å²) in [6, 6.07) is 0. The molecule has 0 rings (SSSR count). The summed E-state index contributed by atoms with van der Waals surface area (Å²) in [6.45, 7) is 1.91. The maximum atomic E-state index is 4.94. The first kappa shape index (κ1) is 6.48. The van der Waals surface area contributed by atoms with Gasteiger partial charge >= 0.3 is 0 Å². The Bertz CT molecular complexity index is 70.6. The summed E-state index contributed by atoms with van der Waals surface area (Å²) in [4.78, 5) is 4.31. The Morgan fingerprint density at radius 2 is 2.57 bits per heavy atom. The van der Waals surface area contributed by atoms with Gasteiger partial charge < -0.3 is 0 Å². The van der Waals surface area contributed by atoms with Crippen LogP contribution < -0.4 is 5.90 Å². The van der Waals surface area contributed by atoms with Crippen molar-refractivity contribution < 1.29 is 4.84 Å². The SMILES string of the molecule is C#CC(CC)ON. The maximum absolute atomic E-state index is 4.94. The fraction of sp³-hybridized carbons (Fsp3) is 0.600. The molecule has 7 heavy (non-hydrogen) atoms. The van der Waals surface area contributed by atoms with E-state index in [1.807, 2.05) is 6.92 Å². The van der Waals surface area contributed by atoms with Gasteiger partial charge in [0.15, 0.2) is 0 Å². The van der Waals surface area contributed by atoms with Gasteiger partial charge in [0.2, 0.25) is 0 Å². The third-order valence-corrected chi connectivity index (χ3v) is 0.721. The van der Waals surface area contributed by atoms with Crippen LogP contribution in [0, 0.1) is 12.3 Å². The zero-order chi connectivity index (χ0) is 5.70. The van der Waals surface area contributed by atoms with Gasteiger partial charge in [-0.2, -0.15) is 0 Å². The van der Waals surface area contributed by atoms with Crippen molar-refractivity contribution in [3.63, 3.8) is 0 Å². The molecular weight excluding hydrogens is 90.1 g/mol. The lowest BCUT2D eigenvalue weighted by Crippen LogP contribution is -2.12. The number of hydrogen-bond acceptors (Lipinski definition) is 2. The van der Waals surface area contributed by atoms with Crippen LogP contribution in [0.4, 0.5) is 0 Å². The summed E-state index contributed by atoms with van der Waals surface area (Å²) in [5.41, 5.74) is 0. The van der Waals surface area contributed by atoms with Crippen LogP contribution in [0.3, 0.4) is 0 Å². The van der Waals surface area contributed by atoms with E-state index in [4.69, 9.17) is 12.3 Å². The van der Waals surface area contributed by atoms with Gasteiger partial charge in [-0.05, 0) is 6.42 Å². The lowest BCUT2D eigenvalue weighted by Gasteiger charge is -1.99.